The smallest absolute Gasteiger partial charge is 0.317 e. The lowest BCUT2D eigenvalue weighted by molar-refractivity contribution is 0.397. The molecule has 0 radical (unpaired) electrons. The molecule has 0 heterocycles. The lowest BCUT2D eigenvalue weighted by Crippen LogP contribution is -1.73. The quantitative estimate of drug-likeness (QED) is 0.603. The van der Waals surface area contributed by atoms with Gasteiger partial charge in [-0.3, -0.25) is 0 Å². The number of hydrogen-bond acceptors (Lipinski definition) is 2. The molecule has 0 bridgehead atoms. The molecular formula is C3H9O3PS. The summed E-state index contributed by atoms with van der Waals surface area (Å²) in [4.78, 5) is 16.4. The van der Waals surface area contributed by atoms with Crippen LogP contribution in [0.25, 0.3) is 0 Å². The van der Waals surface area contributed by atoms with E-state index in [0.717, 1.165) is 6.42 Å². The van der Waals surface area contributed by atoms with Crippen molar-refractivity contribution in [3.05, 3.63) is 0 Å². The molecule has 2 N–H and O–H groups in total. The molecule has 0 saturated heterocycles. The molecule has 0 amide bonds. The average Bonchev–Trinajstić information content (AvgIpc) is 1.59. The summed E-state index contributed by atoms with van der Waals surface area (Å²) in [5, 5.41) is 0. The van der Waals surface area contributed by atoms with Crippen LogP contribution in [0.2, 0.25) is 0 Å². The van der Waals surface area contributed by atoms with Crippen molar-refractivity contribution < 1.29 is 14.4 Å². The van der Waals surface area contributed by atoms with Gasteiger partial charge in [0.1, 0.15) is 0 Å². The predicted molar refractivity (Wildman–Crippen MR) is 34.8 cm³/mol. The fraction of sp³-hybridized carbons (Fsp3) is 1.00. The average molecular weight is 156 g/mol. The SMILES string of the molecule is CCCSP(=O)(O)O. The van der Waals surface area contributed by atoms with E-state index in [0.29, 0.717) is 17.1 Å². The van der Waals surface area contributed by atoms with E-state index in [9.17, 15) is 4.57 Å². The van der Waals surface area contributed by atoms with Gasteiger partial charge in [0.15, 0.2) is 0 Å². The lowest BCUT2D eigenvalue weighted by Gasteiger charge is -1.98. The van der Waals surface area contributed by atoms with E-state index in [2.05, 4.69) is 0 Å². The highest BCUT2D eigenvalue weighted by Crippen LogP contribution is 2.50. The fourth-order valence-corrected chi connectivity index (χ4v) is 1.89. The van der Waals surface area contributed by atoms with E-state index in [1.54, 1.807) is 0 Å². The summed E-state index contributed by atoms with van der Waals surface area (Å²) < 4.78 is 10.0. The van der Waals surface area contributed by atoms with Gasteiger partial charge in [0.05, 0.1) is 0 Å². The Morgan fingerprint density at radius 1 is 1.62 bits per heavy atom. The number of rotatable bonds is 3. The summed E-state index contributed by atoms with van der Waals surface area (Å²) in [7, 11) is 0. The maximum atomic E-state index is 10.0. The van der Waals surface area contributed by atoms with Gasteiger partial charge >= 0.3 is 6.80 Å². The summed E-state index contributed by atoms with van der Waals surface area (Å²) >= 11 is 0.700. The Hall–Kier alpha value is 0.500. The highest BCUT2D eigenvalue weighted by atomic mass is 32.7. The summed E-state index contributed by atoms with van der Waals surface area (Å²) in [6, 6.07) is 0. The standard InChI is InChI=1S/C3H9O3PS/c1-2-3-8-7(4,5)6/h2-3H2,1H3,(H2,4,5,6). The van der Waals surface area contributed by atoms with Gasteiger partial charge in [-0.2, -0.15) is 0 Å². The fourth-order valence-electron chi connectivity index (χ4n) is 0.210. The molecule has 8 heavy (non-hydrogen) atoms. The van der Waals surface area contributed by atoms with Gasteiger partial charge in [-0.15, -0.1) is 0 Å². The second kappa shape index (κ2) is 3.51. The zero-order chi connectivity index (χ0) is 6.62. The van der Waals surface area contributed by atoms with E-state index in [4.69, 9.17) is 9.79 Å². The van der Waals surface area contributed by atoms with E-state index in [1.165, 1.54) is 0 Å². The first-order valence-corrected chi connectivity index (χ1v) is 5.46. The van der Waals surface area contributed by atoms with Crippen molar-refractivity contribution in [3.63, 3.8) is 0 Å². The van der Waals surface area contributed by atoms with Gasteiger partial charge < -0.3 is 9.79 Å². The molecule has 0 aromatic rings. The first-order valence-electron chi connectivity index (χ1n) is 2.26. The normalized spacial score (nSPS) is 11.9. The van der Waals surface area contributed by atoms with Gasteiger partial charge in [-0.05, 0) is 17.8 Å². The van der Waals surface area contributed by atoms with Crippen LogP contribution in [0.1, 0.15) is 13.3 Å². The van der Waals surface area contributed by atoms with Crippen molar-refractivity contribution in [2.24, 2.45) is 0 Å². The van der Waals surface area contributed by atoms with Crippen molar-refractivity contribution >= 4 is 18.2 Å². The molecule has 0 aromatic heterocycles. The van der Waals surface area contributed by atoms with E-state index in [-0.39, 0.29) is 0 Å². The molecule has 50 valence electrons. The lowest BCUT2D eigenvalue weighted by atomic mass is 10.6. The minimum Gasteiger partial charge on any atom is -0.317 e. The molecule has 0 unspecified atom stereocenters. The molecule has 0 aliphatic rings. The Morgan fingerprint density at radius 2 is 2.12 bits per heavy atom. The molecule has 0 atom stereocenters. The van der Waals surface area contributed by atoms with Crippen LogP contribution in [0.3, 0.4) is 0 Å². The third-order valence-electron chi connectivity index (χ3n) is 0.464. The second-order valence-corrected chi connectivity index (χ2v) is 5.17. The molecular weight excluding hydrogens is 147 g/mol. The summed E-state index contributed by atoms with van der Waals surface area (Å²) in [6.45, 7) is -1.89. The van der Waals surface area contributed by atoms with Crippen LogP contribution in [-0.4, -0.2) is 15.5 Å². The molecule has 0 aliphatic heterocycles. The van der Waals surface area contributed by atoms with Crippen LogP contribution in [0.5, 0.6) is 0 Å². The maximum Gasteiger partial charge on any atom is 0.383 e. The van der Waals surface area contributed by atoms with Crippen LogP contribution >= 0.6 is 18.2 Å². The van der Waals surface area contributed by atoms with Crippen molar-refractivity contribution in [2.75, 3.05) is 5.75 Å². The van der Waals surface area contributed by atoms with E-state index in [1.807, 2.05) is 6.92 Å². The molecule has 0 aliphatic carbocycles. The highest BCUT2D eigenvalue weighted by molar-refractivity contribution is 8.54. The Labute approximate surface area is 52.4 Å². The molecule has 3 nitrogen and oxygen atoms in total. The Morgan fingerprint density at radius 3 is 2.25 bits per heavy atom. The van der Waals surface area contributed by atoms with Crippen LogP contribution in [0.4, 0.5) is 0 Å². The van der Waals surface area contributed by atoms with Crippen LogP contribution < -0.4 is 0 Å². The third kappa shape index (κ3) is 6.50. The second-order valence-electron chi connectivity index (χ2n) is 1.32. The molecule has 0 fully saturated rings. The topological polar surface area (TPSA) is 57.5 Å². The number of hydrogen-bond donors (Lipinski definition) is 2. The molecule has 5 heteroatoms. The Bertz CT molecular complexity index is 98.7. The van der Waals surface area contributed by atoms with Gasteiger partial charge in [-0.1, -0.05) is 6.92 Å². The largest absolute Gasteiger partial charge is 0.383 e. The first kappa shape index (κ1) is 8.50. The monoisotopic (exact) mass is 156 g/mol. The summed E-state index contributed by atoms with van der Waals surface area (Å²) in [5.41, 5.74) is 0. The van der Waals surface area contributed by atoms with Crippen molar-refractivity contribution in [2.45, 2.75) is 13.3 Å². The molecule has 0 spiro atoms. The zero-order valence-corrected chi connectivity index (χ0v) is 6.28. The van der Waals surface area contributed by atoms with Gasteiger partial charge in [-0.25, -0.2) is 4.57 Å². The zero-order valence-electron chi connectivity index (χ0n) is 4.57. The van der Waals surface area contributed by atoms with E-state index >= 15 is 0 Å². The molecule has 0 aromatic carbocycles. The van der Waals surface area contributed by atoms with Crippen LogP contribution in [0.15, 0.2) is 0 Å². The van der Waals surface area contributed by atoms with Gasteiger partial charge in [0.2, 0.25) is 0 Å². The Balaban J connectivity index is 3.26. The van der Waals surface area contributed by atoms with E-state index < -0.39 is 6.80 Å². The third-order valence-corrected chi connectivity index (χ3v) is 2.95. The first-order chi connectivity index (χ1) is 3.56. The van der Waals surface area contributed by atoms with Crippen LogP contribution in [0, 0.1) is 0 Å². The van der Waals surface area contributed by atoms with Crippen molar-refractivity contribution in [1.82, 2.24) is 0 Å². The predicted octanol–water partition coefficient (Wildman–Crippen LogP) is 1.22. The summed E-state index contributed by atoms with van der Waals surface area (Å²) in [5.74, 6) is 0.532. The molecule has 0 rings (SSSR count). The van der Waals surface area contributed by atoms with Gasteiger partial charge in [0.25, 0.3) is 0 Å². The van der Waals surface area contributed by atoms with Gasteiger partial charge in [0, 0.05) is 5.75 Å². The Kier molecular flexibility index (Phi) is 3.73. The highest BCUT2D eigenvalue weighted by Gasteiger charge is 2.10. The minimum absolute atomic E-state index is 0.532. The van der Waals surface area contributed by atoms with Crippen molar-refractivity contribution in [3.8, 4) is 0 Å². The van der Waals surface area contributed by atoms with Crippen molar-refractivity contribution in [1.29, 1.82) is 0 Å². The molecule has 0 saturated carbocycles. The van der Waals surface area contributed by atoms with Crippen LogP contribution in [-0.2, 0) is 4.57 Å². The minimum atomic E-state index is -3.77. The maximum absolute atomic E-state index is 10.0. The summed E-state index contributed by atoms with van der Waals surface area (Å²) in [6.07, 6.45) is 0.801.